The van der Waals surface area contributed by atoms with E-state index in [1.54, 1.807) is 17.8 Å². The molecule has 110 valence electrons. The Bertz CT molecular complexity index is 488. The summed E-state index contributed by atoms with van der Waals surface area (Å²) in [5.41, 5.74) is 0. The first-order valence-corrected chi connectivity index (χ1v) is 10.5. The number of thioether (sulfide) groups is 1. The van der Waals surface area contributed by atoms with Gasteiger partial charge < -0.3 is 5.32 Å². The van der Waals surface area contributed by atoms with E-state index in [0.29, 0.717) is 21.8 Å². The van der Waals surface area contributed by atoms with Gasteiger partial charge in [0.25, 0.3) is 0 Å². The lowest BCUT2D eigenvalue weighted by Crippen LogP contribution is -2.25. The van der Waals surface area contributed by atoms with Crippen molar-refractivity contribution >= 4 is 49.1 Å². The summed E-state index contributed by atoms with van der Waals surface area (Å²) in [7, 11) is -3.40. The van der Waals surface area contributed by atoms with E-state index in [9.17, 15) is 8.42 Å². The van der Waals surface area contributed by atoms with Crippen LogP contribution in [-0.4, -0.2) is 33.5 Å². The van der Waals surface area contributed by atoms with Crippen molar-refractivity contribution in [1.82, 2.24) is 10.0 Å². The molecule has 19 heavy (non-hydrogen) atoms. The van der Waals surface area contributed by atoms with Crippen molar-refractivity contribution in [2.75, 3.05) is 25.1 Å². The summed E-state index contributed by atoms with van der Waals surface area (Å²) < 4.78 is 27.5. The highest BCUT2D eigenvalue weighted by Crippen LogP contribution is 2.31. The second kappa shape index (κ2) is 8.63. The molecular weight excluding hydrogens is 368 g/mol. The predicted octanol–water partition coefficient (Wildman–Crippen LogP) is 2.65. The lowest BCUT2D eigenvalue weighted by Gasteiger charge is -2.04. The van der Waals surface area contributed by atoms with Crippen LogP contribution in [0.25, 0.3) is 0 Å². The zero-order valence-corrected chi connectivity index (χ0v) is 15.1. The van der Waals surface area contributed by atoms with Crippen molar-refractivity contribution in [1.29, 1.82) is 0 Å². The van der Waals surface area contributed by atoms with Crippen LogP contribution >= 0.6 is 39.0 Å². The molecule has 1 rings (SSSR count). The topological polar surface area (TPSA) is 58.2 Å². The first-order valence-electron chi connectivity index (χ1n) is 5.98. The number of hydrogen-bond donors (Lipinski definition) is 2. The summed E-state index contributed by atoms with van der Waals surface area (Å²) in [6.45, 7) is 4.19. The van der Waals surface area contributed by atoms with Gasteiger partial charge in [0.2, 0.25) is 10.0 Å². The number of halogens is 1. The van der Waals surface area contributed by atoms with Gasteiger partial charge in [-0.1, -0.05) is 6.92 Å². The molecule has 0 amide bonds. The number of thiophene rings is 1. The molecule has 0 aliphatic carbocycles. The highest BCUT2D eigenvalue weighted by atomic mass is 79.9. The standard InChI is InChI=1S/C11H19BrN2O2S3/c1-3-4-13-8-9-7-10(11(12)18-9)19(15,16)14-5-6-17-2/h7,13-14H,3-6,8H2,1-2H3. The minimum Gasteiger partial charge on any atom is -0.312 e. The largest absolute Gasteiger partial charge is 0.312 e. The van der Waals surface area contributed by atoms with E-state index in [0.717, 1.165) is 23.6 Å². The molecule has 0 aliphatic rings. The summed E-state index contributed by atoms with van der Waals surface area (Å²) in [6, 6.07) is 1.73. The third-order valence-corrected chi connectivity index (χ3v) is 6.65. The van der Waals surface area contributed by atoms with Crippen molar-refractivity contribution in [3.63, 3.8) is 0 Å². The summed E-state index contributed by atoms with van der Waals surface area (Å²) >= 11 is 6.41. The van der Waals surface area contributed by atoms with Crippen LogP contribution in [-0.2, 0) is 16.6 Å². The second-order valence-corrected chi connectivity index (χ2v) is 9.09. The van der Waals surface area contributed by atoms with Gasteiger partial charge in [0.1, 0.15) is 4.90 Å². The maximum absolute atomic E-state index is 12.1. The molecule has 0 spiro atoms. The molecule has 0 aromatic carbocycles. The monoisotopic (exact) mass is 386 g/mol. The average Bonchev–Trinajstić information content (AvgIpc) is 2.72. The maximum atomic E-state index is 12.1. The maximum Gasteiger partial charge on any atom is 0.242 e. The fourth-order valence-electron chi connectivity index (χ4n) is 1.41. The fourth-order valence-corrected chi connectivity index (χ4v) is 5.53. The molecule has 0 saturated heterocycles. The third-order valence-electron chi connectivity index (χ3n) is 2.32. The highest BCUT2D eigenvalue weighted by molar-refractivity contribution is 9.11. The summed E-state index contributed by atoms with van der Waals surface area (Å²) in [5.74, 6) is 0.770. The van der Waals surface area contributed by atoms with E-state index in [-0.39, 0.29) is 0 Å². The lowest BCUT2D eigenvalue weighted by atomic mass is 10.4. The quantitative estimate of drug-likeness (QED) is 0.640. The van der Waals surface area contributed by atoms with Gasteiger partial charge in [-0.15, -0.1) is 11.3 Å². The molecule has 0 unspecified atom stereocenters. The lowest BCUT2D eigenvalue weighted by molar-refractivity contribution is 0.584. The van der Waals surface area contributed by atoms with Crippen LogP contribution in [0.5, 0.6) is 0 Å². The van der Waals surface area contributed by atoms with Gasteiger partial charge in [-0.2, -0.15) is 11.8 Å². The molecule has 1 heterocycles. The summed E-state index contributed by atoms with van der Waals surface area (Å²) in [6.07, 6.45) is 3.01. The van der Waals surface area contributed by atoms with Crippen LogP contribution in [0.1, 0.15) is 18.2 Å². The average molecular weight is 387 g/mol. The molecule has 1 aromatic heterocycles. The minimum atomic E-state index is -3.40. The molecule has 0 radical (unpaired) electrons. The van der Waals surface area contributed by atoms with Crippen molar-refractivity contribution in [2.45, 2.75) is 24.8 Å². The Labute approximate surface area is 131 Å². The van der Waals surface area contributed by atoms with Crippen LogP contribution < -0.4 is 10.0 Å². The minimum absolute atomic E-state index is 0.340. The van der Waals surface area contributed by atoms with Gasteiger partial charge in [-0.3, -0.25) is 0 Å². The summed E-state index contributed by atoms with van der Waals surface area (Å²) in [5, 5.41) is 3.27. The van der Waals surface area contributed by atoms with E-state index in [4.69, 9.17) is 0 Å². The van der Waals surface area contributed by atoms with Gasteiger partial charge in [0, 0.05) is 23.7 Å². The first-order chi connectivity index (χ1) is 9.01. The Hall–Kier alpha value is 0.400. The predicted molar refractivity (Wildman–Crippen MR) is 87.6 cm³/mol. The van der Waals surface area contributed by atoms with Crippen molar-refractivity contribution < 1.29 is 8.42 Å². The Morgan fingerprint density at radius 1 is 1.42 bits per heavy atom. The van der Waals surface area contributed by atoms with Gasteiger partial charge >= 0.3 is 0 Å². The Kier molecular flexibility index (Phi) is 7.93. The van der Waals surface area contributed by atoms with E-state index in [2.05, 4.69) is 32.9 Å². The molecule has 0 atom stereocenters. The fraction of sp³-hybridized carbons (Fsp3) is 0.636. The van der Waals surface area contributed by atoms with Crippen LogP contribution in [0.15, 0.2) is 14.7 Å². The van der Waals surface area contributed by atoms with Gasteiger partial charge in [0.05, 0.1) is 3.79 Å². The highest BCUT2D eigenvalue weighted by Gasteiger charge is 2.20. The Morgan fingerprint density at radius 3 is 2.79 bits per heavy atom. The molecule has 1 aromatic rings. The van der Waals surface area contributed by atoms with Gasteiger partial charge in [0.15, 0.2) is 0 Å². The molecule has 0 saturated carbocycles. The molecular formula is C11H19BrN2O2S3. The number of rotatable bonds is 9. The van der Waals surface area contributed by atoms with Crippen LogP contribution in [0.2, 0.25) is 0 Å². The zero-order chi connectivity index (χ0) is 14.3. The molecule has 0 bridgehead atoms. The molecule has 0 aliphatic heterocycles. The second-order valence-electron chi connectivity index (χ2n) is 3.92. The van der Waals surface area contributed by atoms with E-state index in [1.165, 1.54) is 11.3 Å². The third kappa shape index (κ3) is 5.73. The SMILES string of the molecule is CCCNCc1cc(S(=O)(=O)NCCSC)c(Br)s1. The van der Waals surface area contributed by atoms with Gasteiger partial charge in [-0.25, -0.2) is 13.1 Å². The normalized spacial score (nSPS) is 11.9. The zero-order valence-electron chi connectivity index (χ0n) is 11.0. The van der Waals surface area contributed by atoms with Gasteiger partial charge in [-0.05, 0) is 41.2 Å². The summed E-state index contributed by atoms with van der Waals surface area (Å²) in [4.78, 5) is 1.36. The molecule has 2 N–H and O–H groups in total. The van der Waals surface area contributed by atoms with E-state index < -0.39 is 10.0 Å². The van der Waals surface area contributed by atoms with Crippen molar-refractivity contribution in [2.24, 2.45) is 0 Å². The first kappa shape index (κ1) is 17.5. The molecule has 0 fully saturated rings. The van der Waals surface area contributed by atoms with Crippen molar-refractivity contribution in [3.05, 3.63) is 14.7 Å². The Balaban J connectivity index is 2.71. The number of nitrogens with one attached hydrogen (secondary N) is 2. The van der Waals surface area contributed by atoms with E-state index >= 15 is 0 Å². The number of hydrogen-bond acceptors (Lipinski definition) is 5. The smallest absolute Gasteiger partial charge is 0.242 e. The Morgan fingerprint density at radius 2 is 2.16 bits per heavy atom. The number of sulfonamides is 1. The van der Waals surface area contributed by atoms with E-state index in [1.807, 2.05) is 6.26 Å². The molecule has 8 heteroatoms. The van der Waals surface area contributed by atoms with Crippen molar-refractivity contribution in [3.8, 4) is 0 Å². The molecule has 4 nitrogen and oxygen atoms in total. The van der Waals surface area contributed by atoms with Crippen LogP contribution in [0.4, 0.5) is 0 Å². The van der Waals surface area contributed by atoms with Crippen LogP contribution in [0, 0.1) is 0 Å². The van der Waals surface area contributed by atoms with Crippen LogP contribution in [0.3, 0.4) is 0 Å².